The first-order valence-electron chi connectivity index (χ1n) is 7.81. The van der Waals surface area contributed by atoms with Gasteiger partial charge in [0, 0.05) is 18.2 Å². The van der Waals surface area contributed by atoms with E-state index in [2.05, 4.69) is 17.1 Å². The maximum atomic E-state index is 13.0. The van der Waals surface area contributed by atoms with E-state index in [9.17, 15) is 9.18 Å². The molecule has 0 aliphatic carbocycles. The highest BCUT2D eigenvalue weighted by atomic mass is 19.1. The largest absolute Gasteiger partial charge is 0.334 e. The van der Waals surface area contributed by atoms with Gasteiger partial charge in [-0.2, -0.15) is 5.10 Å². The lowest BCUT2D eigenvalue weighted by atomic mass is 9.99. The van der Waals surface area contributed by atoms with Crippen molar-refractivity contribution in [1.29, 1.82) is 0 Å². The molecule has 0 radical (unpaired) electrons. The highest BCUT2D eigenvalue weighted by molar-refractivity contribution is 5.93. The fourth-order valence-electron chi connectivity index (χ4n) is 3.05. The van der Waals surface area contributed by atoms with Gasteiger partial charge in [0.25, 0.3) is 5.91 Å². The normalized spacial score (nSPS) is 18.5. The number of benzene rings is 1. The average molecular weight is 301 g/mol. The van der Waals surface area contributed by atoms with Crippen LogP contribution in [-0.4, -0.2) is 33.6 Å². The van der Waals surface area contributed by atoms with Gasteiger partial charge in [0.15, 0.2) is 0 Å². The second-order valence-corrected chi connectivity index (χ2v) is 5.73. The smallest absolute Gasteiger partial charge is 0.272 e. The first-order valence-corrected chi connectivity index (χ1v) is 7.81. The summed E-state index contributed by atoms with van der Waals surface area (Å²) in [5, 5.41) is 7.01. The second kappa shape index (κ2) is 6.30. The monoisotopic (exact) mass is 301 g/mol. The minimum Gasteiger partial charge on any atom is -0.334 e. The Hall–Kier alpha value is -2.17. The van der Waals surface area contributed by atoms with Crippen molar-refractivity contribution in [2.75, 3.05) is 6.54 Å². The van der Waals surface area contributed by atoms with Gasteiger partial charge in [-0.1, -0.05) is 6.92 Å². The summed E-state index contributed by atoms with van der Waals surface area (Å²) in [6.45, 7) is 2.93. The van der Waals surface area contributed by atoms with Crippen molar-refractivity contribution >= 4 is 5.91 Å². The highest BCUT2D eigenvalue weighted by Crippen LogP contribution is 2.23. The molecular formula is C17H20FN3O. The number of aromatic amines is 1. The number of halogens is 1. The molecule has 1 aliphatic heterocycles. The standard InChI is InChI=1S/C17H20FN3O/c1-2-14-5-3-4-10-21(14)17(22)16-11-15(19-20-16)12-6-8-13(18)9-7-12/h6-9,11,14H,2-5,10H2,1H3,(H,19,20)/t14-/m1/s1. The van der Waals surface area contributed by atoms with Crippen molar-refractivity contribution in [2.45, 2.75) is 38.6 Å². The van der Waals surface area contributed by atoms with E-state index in [0.717, 1.165) is 31.4 Å². The molecule has 22 heavy (non-hydrogen) atoms. The number of piperidine rings is 1. The van der Waals surface area contributed by atoms with Crippen molar-refractivity contribution in [3.63, 3.8) is 0 Å². The molecule has 2 aromatic rings. The van der Waals surface area contributed by atoms with Crippen molar-refractivity contribution in [2.24, 2.45) is 0 Å². The summed E-state index contributed by atoms with van der Waals surface area (Å²) in [5.41, 5.74) is 1.95. The topological polar surface area (TPSA) is 49.0 Å². The lowest BCUT2D eigenvalue weighted by Crippen LogP contribution is -2.43. The van der Waals surface area contributed by atoms with Crippen LogP contribution in [0.2, 0.25) is 0 Å². The Morgan fingerprint density at radius 3 is 2.86 bits per heavy atom. The molecule has 0 saturated carbocycles. The van der Waals surface area contributed by atoms with E-state index in [-0.39, 0.29) is 11.7 Å². The zero-order chi connectivity index (χ0) is 15.5. The Morgan fingerprint density at radius 1 is 1.36 bits per heavy atom. The van der Waals surface area contributed by atoms with Crippen LogP contribution in [0.15, 0.2) is 30.3 Å². The first kappa shape index (κ1) is 14.8. The van der Waals surface area contributed by atoms with Gasteiger partial charge in [0.05, 0.1) is 5.69 Å². The SMILES string of the molecule is CC[C@@H]1CCCCN1C(=O)c1cc(-c2ccc(F)cc2)n[nH]1. The van der Waals surface area contributed by atoms with E-state index in [1.807, 2.05) is 4.90 Å². The highest BCUT2D eigenvalue weighted by Gasteiger charge is 2.27. The summed E-state index contributed by atoms with van der Waals surface area (Å²) in [5.74, 6) is -0.276. The molecule has 1 atom stereocenters. The maximum absolute atomic E-state index is 13.0. The predicted molar refractivity (Wildman–Crippen MR) is 82.9 cm³/mol. The summed E-state index contributed by atoms with van der Waals surface area (Å²) < 4.78 is 13.0. The fraction of sp³-hybridized carbons (Fsp3) is 0.412. The number of carbonyl (C=O) groups is 1. The number of hydrogen-bond acceptors (Lipinski definition) is 2. The Balaban J connectivity index is 1.80. The van der Waals surface area contributed by atoms with Crippen LogP contribution in [0.3, 0.4) is 0 Å². The van der Waals surface area contributed by atoms with Crippen LogP contribution >= 0.6 is 0 Å². The van der Waals surface area contributed by atoms with E-state index >= 15 is 0 Å². The number of H-pyrrole nitrogens is 1. The molecule has 0 spiro atoms. The molecule has 1 saturated heterocycles. The van der Waals surface area contributed by atoms with Crippen LogP contribution in [0, 0.1) is 5.82 Å². The maximum Gasteiger partial charge on any atom is 0.272 e. The van der Waals surface area contributed by atoms with E-state index in [1.54, 1.807) is 18.2 Å². The second-order valence-electron chi connectivity index (χ2n) is 5.73. The molecule has 2 heterocycles. The zero-order valence-corrected chi connectivity index (χ0v) is 12.7. The van der Waals surface area contributed by atoms with Crippen molar-refractivity contribution in [3.8, 4) is 11.3 Å². The summed E-state index contributed by atoms with van der Waals surface area (Å²) >= 11 is 0. The van der Waals surface area contributed by atoms with Gasteiger partial charge >= 0.3 is 0 Å². The van der Waals surface area contributed by atoms with Crippen molar-refractivity contribution in [1.82, 2.24) is 15.1 Å². The van der Waals surface area contributed by atoms with Crippen LogP contribution in [0.25, 0.3) is 11.3 Å². The number of carbonyl (C=O) groups excluding carboxylic acids is 1. The molecule has 0 bridgehead atoms. The number of hydrogen-bond donors (Lipinski definition) is 1. The molecule has 116 valence electrons. The van der Waals surface area contributed by atoms with E-state index in [4.69, 9.17) is 0 Å². The summed E-state index contributed by atoms with van der Waals surface area (Å²) in [6, 6.07) is 8.17. The van der Waals surface area contributed by atoms with E-state index in [1.165, 1.54) is 18.6 Å². The molecule has 1 aliphatic rings. The third-order valence-electron chi connectivity index (χ3n) is 4.31. The van der Waals surface area contributed by atoms with Crippen molar-refractivity contribution < 1.29 is 9.18 Å². The third-order valence-corrected chi connectivity index (χ3v) is 4.31. The minimum absolute atomic E-state index is 0.00686. The van der Waals surface area contributed by atoms with Gasteiger partial charge in [0.1, 0.15) is 11.5 Å². The molecule has 1 N–H and O–H groups in total. The summed E-state index contributed by atoms with van der Waals surface area (Å²) in [6.07, 6.45) is 4.29. The van der Waals surface area contributed by atoms with Crippen LogP contribution in [0.5, 0.6) is 0 Å². The number of amides is 1. The van der Waals surface area contributed by atoms with Gasteiger partial charge in [-0.15, -0.1) is 0 Å². The van der Waals surface area contributed by atoms with Crippen LogP contribution in [0.4, 0.5) is 4.39 Å². The van der Waals surface area contributed by atoms with Gasteiger partial charge in [-0.05, 0) is 56.0 Å². The Bertz CT molecular complexity index is 650. The predicted octanol–water partition coefficient (Wildman–Crippen LogP) is 3.62. The Labute approximate surface area is 129 Å². The quantitative estimate of drug-likeness (QED) is 0.941. The summed E-state index contributed by atoms with van der Waals surface area (Å²) in [4.78, 5) is 14.6. The number of nitrogens with zero attached hydrogens (tertiary/aromatic N) is 2. The van der Waals surface area contributed by atoms with Gasteiger partial charge in [-0.25, -0.2) is 4.39 Å². The van der Waals surface area contributed by atoms with Crippen LogP contribution < -0.4 is 0 Å². The first-order chi connectivity index (χ1) is 10.7. The third kappa shape index (κ3) is 2.89. The molecular weight excluding hydrogens is 281 g/mol. The summed E-state index contributed by atoms with van der Waals surface area (Å²) in [7, 11) is 0. The zero-order valence-electron chi connectivity index (χ0n) is 12.7. The molecule has 1 fully saturated rings. The van der Waals surface area contributed by atoms with Crippen LogP contribution in [-0.2, 0) is 0 Å². The molecule has 0 unspecified atom stereocenters. The fourth-order valence-corrected chi connectivity index (χ4v) is 3.05. The van der Waals surface area contributed by atoms with Gasteiger partial charge < -0.3 is 4.90 Å². The lowest BCUT2D eigenvalue weighted by molar-refractivity contribution is 0.0602. The molecule has 1 aromatic carbocycles. The lowest BCUT2D eigenvalue weighted by Gasteiger charge is -2.34. The Kier molecular flexibility index (Phi) is 4.22. The molecule has 5 heteroatoms. The molecule has 1 amide bonds. The van der Waals surface area contributed by atoms with Crippen LogP contribution in [0.1, 0.15) is 43.1 Å². The molecule has 4 nitrogen and oxygen atoms in total. The minimum atomic E-state index is -0.283. The van der Waals surface area contributed by atoms with E-state index in [0.29, 0.717) is 17.4 Å². The number of rotatable bonds is 3. The average Bonchev–Trinajstić information content (AvgIpc) is 3.05. The number of nitrogens with one attached hydrogen (secondary N) is 1. The number of aromatic nitrogens is 2. The Morgan fingerprint density at radius 2 is 2.14 bits per heavy atom. The molecule has 1 aromatic heterocycles. The molecule has 3 rings (SSSR count). The van der Waals surface area contributed by atoms with Gasteiger partial charge in [-0.3, -0.25) is 9.89 Å². The number of likely N-dealkylation sites (tertiary alicyclic amines) is 1. The van der Waals surface area contributed by atoms with Gasteiger partial charge in [0.2, 0.25) is 0 Å². The van der Waals surface area contributed by atoms with Crippen molar-refractivity contribution in [3.05, 3.63) is 41.8 Å². The van der Waals surface area contributed by atoms with E-state index < -0.39 is 0 Å².